The number of benzene rings is 2. The number of nitrogens with one attached hydrogen (secondary N) is 1. The monoisotopic (exact) mass is 509 g/mol. The Balaban J connectivity index is 1.39. The number of nitrogens with zero attached hydrogens (tertiary/aromatic N) is 2. The number of morpholine rings is 1. The number of anilines is 1. The largest absolute Gasteiger partial charge is 0.462 e. The first-order chi connectivity index (χ1) is 17.3. The average Bonchev–Trinajstić information content (AvgIpc) is 3.20. The van der Waals surface area contributed by atoms with Crippen molar-refractivity contribution in [3.8, 4) is 0 Å². The molecule has 190 valence electrons. The summed E-state index contributed by atoms with van der Waals surface area (Å²) in [5.74, 6) is -0.287. The summed E-state index contributed by atoms with van der Waals surface area (Å²) in [6.45, 7) is 7.44. The lowest BCUT2D eigenvalue weighted by Crippen LogP contribution is -2.49. The van der Waals surface area contributed by atoms with Gasteiger partial charge >= 0.3 is 5.97 Å². The fourth-order valence-electron chi connectivity index (χ4n) is 4.33. The van der Waals surface area contributed by atoms with E-state index in [0.717, 1.165) is 15.8 Å². The molecule has 0 saturated carbocycles. The molecule has 36 heavy (non-hydrogen) atoms. The van der Waals surface area contributed by atoms with E-state index in [-0.39, 0.29) is 36.3 Å². The predicted octanol–water partition coefficient (Wildman–Crippen LogP) is 4.18. The summed E-state index contributed by atoms with van der Waals surface area (Å²) < 4.78 is 12.7. The molecule has 1 aliphatic heterocycles. The number of hydrogen-bond donors (Lipinski definition) is 1. The molecular formula is C27H31N3O5S. The van der Waals surface area contributed by atoms with E-state index < -0.39 is 5.97 Å². The Morgan fingerprint density at radius 3 is 2.44 bits per heavy atom. The van der Waals surface area contributed by atoms with Crippen LogP contribution in [0.25, 0.3) is 10.9 Å². The van der Waals surface area contributed by atoms with Crippen LogP contribution in [-0.4, -0.2) is 64.9 Å². The molecule has 0 spiro atoms. The van der Waals surface area contributed by atoms with Crippen LogP contribution in [0.1, 0.15) is 31.1 Å². The highest BCUT2D eigenvalue weighted by Crippen LogP contribution is 2.30. The predicted molar refractivity (Wildman–Crippen MR) is 140 cm³/mol. The summed E-state index contributed by atoms with van der Waals surface area (Å²) in [7, 11) is 0. The number of ether oxygens (including phenoxy) is 2. The zero-order valence-electron chi connectivity index (χ0n) is 20.7. The van der Waals surface area contributed by atoms with E-state index >= 15 is 0 Å². The van der Waals surface area contributed by atoms with E-state index in [1.54, 1.807) is 31.2 Å². The molecule has 0 unspecified atom stereocenters. The maximum absolute atomic E-state index is 13.0. The Hall–Kier alpha value is -3.30. The summed E-state index contributed by atoms with van der Waals surface area (Å²) in [4.78, 5) is 40.2. The molecule has 2 aromatic carbocycles. The minimum Gasteiger partial charge on any atom is -0.462 e. The van der Waals surface area contributed by atoms with Crippen LogP contribution in [0.15, 0.2) is 59.6 Å². The van der Waals surface area contributed by atoms with E-state index in [1.807, 2.05) is 53.8 Å². The van der Waals surface area contributed by atoms with Crippen LogP contribution in [0.5, 0.6) is 0 Å². The van der Waals surface area contributed by atoms with Gasteiger partial charge in [-0.3, -0.25) is 9.59 Å². The molecule has 1 aliphatic rings. The second kappa shape index (κ2) is 11.6. The van der Waals surface area contributed by atoms with E-state index in [1.165, 1.54) is 11.8 Å². The Labute approximate surface area is 214 Å². The van der Waals surface area contributed by atoms with E-state index in [2.05, 4.69) is 5.32 Å². The van der Waals surface area contributed by atoms with Gasteiger partial charge in [-0.15, -0.1) is 11.8 Å². The van der Waals surface area contributed by atoms with Crippen molar-refractivity contribution < 1.29 is 23.9 Å². The van der Waals surface area contributed by atoms with Gasteiger partial charge in [0.2, 0.25) is 11.8 Å². The van der Waals surface area contributed by atoms with Crippen molar-refractivity contribution in [2.75, 3.05) is 30.8 Å². The number of esters is 1. The summed E-state index contributed by atoms with van der Waals surface area (Å²) in [6.07, 6.45) is 1.98. The third-order valence-electron chi connectivity index (χ3n) is 5.87. The number of rotatable bonds is 8. The highest BCUT2D eigenvalue weighted by Gasteiger charge is 2.26. The van der Waals surface area contributed by atoms with E-state index in [0.29, 0.717) is 30.9 Å². The second-order valence-electron chi connectivity index (χ2n) is 8.83. The highest BCUT2D eigenvalue weighted by molar-refractivity contribution is 8.00. The normalized spacial score (nSPS) is 17.7. The Morgan fingerprint density at radius 2 is 1.75 bits per heavy atom. The van der Waals surface area contributed by atoms with Gasteiger partial charge in [-0.25, -0.2) is 4.79 Å². The SMILES string of the molecule is CCOC(=O)c1ccc(NC(=O)CSc2cn(CC(=O)N3C[C@@H](C)O[C@@H](C)C3)c3ccccc23)cc1. The summed E-state index contributed by atoms with van der Waals surface area (Å²) in [5, 5.41) is 3.86. The van der Waals surface area contributed by atoms with Crippen LogP contribution in [0.4, 0.5) is 5.69 Å². The number of amides is 2. The molecule has 0 aliphatic carbocycles. The molecule has 2 amide bonds. The van der Waals surface area contributed by atoms with Crippen molar-refractivity contribution in [3.63, 3.8) is 0 Å². The van der Waals surface area contributed by atoms with Crippen LogP contribution in [0.3, 0.4) is 0 Å². The fourth-order valence-corrected chi connectivity index (χ4v) is 5.22. The number of carbonyl (C=O) groups excluding carboxylic acids is 3. The van der Waals surface area contributed by atoms with Crippen molar-refractivity contribution >= 4 is 46.1 Å². The third kappa shape index (κ3) is 6.27. The van der Waals surface area contributed by atoms with Gasteiger partial charge < -0.3 is 24.3 Å². The molecule has 1 N–H and O–H groups in total. The van der Waals surface area contributed by atoms with Gasteiger partial charge in [-0.1, -0.05) is 18.2 Å². The van der Waals surface area contributed by atoms with Crippen molar-refractivity contribution in [2.24, 2.45) is 0 Å². The van der Waals surface area contributed by atoms with Crippen molar-refractivity contribution in [1.29, 1.82) is 0 Å². The number of aromatic nitrogens is 1. The lowest BCUT2D eigenvalue weighted by molar-refractivity contribution is -0.143. The Kier molecular flexibility index (Phi) is 8.32. The Bertz CT molecular complexity index is 1230. The number of para-hydroxylation sites is 1. The molecule has 9 heteroatoms. The molecule has 2 atom stereocenters. The van der Waals surface area contributed by atoms with Gasteiger partial charge in [0.1, 0.15) is 6.54 Å². The zero-order valence-corrected chi connectivity index (χ0v) is 21.5. The van der Waals surface area contributed by atoms with Gasteiger partial charge in [0.05, 0.1) is 30.1 Å². The maximum Gasteiger partial charge on any atom is 0.338 e. The van der Waals surface area contributed by atoms with Crippen molar-refractivity contribution in [3.05, 3.63) is 60.3 Å². The number of thioether (sulfide) groups is 1. The first kappa shape index (κ1) is 25.8. The molecular weight excluding hydrogens is 478 g/mol. The standard InChI is InChI=1S/C27H31N3O5S/c1-4-34-27(33)20-9-11-21(12-10-20)28-25(31)17-36-24-15-29(23-8-6-5-7-22(23)24)16-26(32)30-13-18(2)35-19(3)14-30/h5-12,15,18-19H,4,13-14,16-17H2,1-3H3,(H,28,31)/t18-,19+. The lowest BCUT2D eigenvalue weighted by atomic mass is 10.2. The van der Waals surface area contributed by atoms with Crippen molar-refractivity contribution in [1.82, 2.24) is 9.47 Å². The van der Waals surface area contributed by atoms with E-state index in [4.69, 9.17) is 9.47 Å². The van der Waals surface area contributed by atoms with Gasteiger partial charge in [0.25, 0.3) is 0 Å². The average molecular weight is 510 g/mol. The van der Waals surface area contributed by atoms with Crippen LogP contribution in [-0.2, 0) is 25.6 Å². The van der Waals surface area contributed by atoms with Crippen LogP contribution >= 0.6 is 11.8 Å². The topological polar surface area (TPSA) is 89.9 Å². The summed E-state index contributed by atoms with van der Waals surface area (Å²) >= 11 is 1.42. The molecule has 1 aromatic heterocycles. The lowest BCUT2D eigenvalue weighted by Gasteiger charge is -2.35. The fraction of sp³-hybridized carbons (Fsp3) is 0.370. The molecule has 2 heterocycles. The molecule has 0 bridgehead atoms. The quantitative estimate of drug-likeness (QED) is 0.362. The molecule has 8 nitrogen and oxygen atoms in total. The minimum absolute atomic E-state index is 0.0186. The molecule has 1 saturated heterocycles. The van der Waals surface area contributed by atoms with Crippen LogP contribution in [0.2, 0.25) is 0 Å². The van der Waals surface area contributed by atoms with Crippen molar-refractivity contribution in [2.45, 2.75) is 44.4 Å². The van der Waals surface area contributed by atoms with Gasteiger partial charge in [0, 0.05) is 40.8 Å². The molecule has 0 radical (unpaired) electrons. The number of carbonyl (C=O) groups is 3. The van der Waals surface area contributed by atoms with Gasteiger partial charge in [0.15, 0.2) is 0 Å². The Morgan fingerprint density at radius 1 is 1.06 bits per heavy atom. The van der Waals surface area contributed by atoms with Gasteiger partial charge in [-0.05, 0) is 51.1 Å². The van der Waals surface area contributed by atoms with Gasteiger partial charge in [-0.2, -0.15) is 0 Å². The smallest absolute Gasteiger partial charge is 0.338 e. The summed E-state index contributed by atoms with van der Waals surface area (Å²) in [6, 6.07) is 14.5. The molecule has 1 fully saturated rings. The molecule has 3 aromatic rings. The minimum atomic E-state index is -0.390. The van der Waals surface area contributed by atoms with Crippen LogP contribution in [0, 0.1) is 0 Å². The number of hydrogen-bond acceptors (Lipinski definition) is 6. The highest BCUT2D eigenvalue weighted by atomic mass is 32.2. The van der Waals surface area contributed by atoms with E-state index in [9.17, 15) is 14.4 Å². The maximum atomic E-state index is 13.0. The first-order valence-corrected chi connectivity index (χ1v) is 13.0. The first-order valence-electron chi connectivity index (χ1n) is 12.0. The number of fused-ring (bicyclic) bond motifs is 1. The summed E-state index contributed by atoms with van der Waals surface area (Å²) in [5.41, 5.74) is 2.00. The molecule has 4 rings (SSSR count). The second-order valence-corrected chi connectivity index (χ2v) is 9.85. The zero-order chi connectivity index (χ0) is 25.7. The third-order valence-corrected chi connectivity index (χ3v) is 6.91. The van der Waals surface area contributed by atoms with Crippen LogP contribution < -0.4 is 5.32 Å².